The predicted molar refractivity (Wildman–Crippen MR) is 51.7 cm³/mol. The van der Waals surface area contributed by atoms with Crippen LogP contribution in [-0.2, 0) is 11.2 Å². The molecule has 1 rings (SSSR count). The SMILES string of the molecule is CCC(C)(O)C(=O)Cc1nccs1. The van der Waals surface area contributed by atoms with Gasteiger partial charge in [0.1, 0.15) is 5.60 Å². The Morgan fingerprint density at radius 3 is 2.92 bits per heavy atom. The molecule has 3 nitrogen and oxygen atoms in total. The first-order chi connectivity index (χ1) is 6.06. The average Bonchev–Trinajstić information content (AvgIpc) is 2.57. The highest BCUT2D eigenvalue weighted by Crippen LogP contribution is 2.14. The number of carbonyl (C=O) groups is 1. The molecule has 0 amide bonds. The van der Waals surface area contributed by atoms with E-state index >= 15 is 0 Å². The molecule has 0 saturated carbocycles. The Hall–Kier alpha value is -0.740. The van der Waals surface area contributed by atoms with Crippen molar-refractivity contribution in [3.05, 3.63) is 16.6 Å². The van der Waals surface area contributed by atoms with E-state index in [0.717, 1.165) is 5.01 Å². The molecule has 1 atom stereocenters. The van der Waals surface area contributed by atoms with Crippen LogP contribution < -0.4 is 0 Å². The van der Waals surface area contributed by atoms with Gasteiger partial charge in [-0.15, -0.1) is 11.3 Å². The van der Waals surface area contributed by atoms with Crippen LogP contribution in [0.4, 0.5) is 0 Å². The number of carbonyl (C=O) groups excluding carboxylic acids is 1. The van der Waals surface area contributed by atoms with Crippen molar-refractivity contribution < 1.29 is 9.90 Å². The summed E-state index contributed by atoms with van der Waals surface area (Å²) in [5.41, 5.74) is -1.20. The fourth-order valence-corrected chi connectivity index (χ4v) is 1.48. The fourth-order valence-electron chi connectivity index (χ4n) is 0.865. The summed E-state index contributed by atoms with van der Waals surface area (Å²) >= 11 is 1.43. The third-order valence-electron chi connectivity index (χ3n) is 2.08. The molecule has 13 heavy (non-hydrogen) atoms. The van der Waals surface area contributed by atoms with E-state index in [2.05, 4.69) is 4.98 Å². The first-order valence-corrected chi connectivity index (χ1v) is 5.08. The molecule has 0 aliphatic rings. The molecule has 0 aromatic carbocycles. The van der Waals surface area contributed by atoms with Gasteiger partial charge in [-0.2, -0.15) is 0 Å². The lowest BCUT2D eigenvalue weighted by atomic mass is 9.96. The van der Waals surface area contributed by atoms with Crippen molar-refractivity contribution in [1.29, 1.82) is 0 Å². The van der Waals surface area contributed by atoms with Crippen molar-refractivity contribution in [1.82, 2.24) is 4.98 Å². The summed E-state index contributed by atoms with van der Waals surface area (Å²) in [7, 11) is 0. The Morgan fingerprint density at radius 1 is 1.77 bits per heavy atom. The minimum absolute atomic E-state index is 0.162. The summed E-state index contributed by atoms with van der Waals surface area (Å²) < 4.78 is 0. The Bertz CT molecular complexity index is 280. The number of ketones is 1. The molecule has 72 valence electrons. The van der Waals surface area contributed by atoms with E-state index in [1.165, 1.54) is 11.3 Å². The lowest BCUT2D eigenvalue weighted by Gasteiger charge is -2.18. The maximum absolute atomic E-state index is 11.5. The van der Waals surface area contributed by atoms with Crippen molar-refractivity contribution in [2.24, 2.45) is 0 Å². The van der Waals surface area contributed by atoms with Crippen LogP contribution in [0.1, 0.15) is 25.3 Å². The standard InChI is InChI=1S/C9H13NO2S/c1-3-9(2,12)7(11)6-8-10-4-5-13-8/h4-5,12H,3,6H2,1-2H3. The largest absolute Gasteiger partial charge is 0.382 e. The van der Waals surface area contributed by atoms with Gasteiger partial charge in [0.25, 0.3) is 0 Å². The van der Waals surface area contributed by atoms with Crippen LogP contribution >= 0.6 is 11.3 Å². The predicted octanol–water partition coefficient (Wildman–Crippen LogP) is 1.42. The van der Waals surface area contributed by atoms with Crippen LogP contribution in [0, 0.1) is 0 Å². The third-order valence-corrected chi connectivity index (χ3v) is 2.86. The van der Waals surface area contributed by atoms with Crippen LogP contribution in [0.5, 0.6) is 0 Å². The van der Waals surface area contributed by atoms with Crippen molar-refractivity contribution in [2.45, 2.75) is 32.3 Å². The highest BCUT2D eigenvalue weighted by Gasteiger charge is 2.27. The number of aliphatic hydroxyl groups is 1. The van der Waals surface area contributed by atoms with E-state index in [9.17, 15) is 9.90 Å². The first kappa shape index (κ1) is 10.3. The highest BCUT2D eigenvalue weighted by atomic mass is 32.1. The van der Waals surface area contributed by atoms with E-state index < -0.39 is 5.60 Å². The second kappa shape index (κ2) is 3.98. The lowest BCUT2D eigenvalue weighted by molar-refractivity contribution is -0.135. The molecule has 1 aromatic rings. The van der Waals surface area contributed by atoms with E-state index in [1.807, 2.05) is 5.38 Å². The van der Waals surface area contributed by atoms with Gasteiger partial charge in [0.2, 0.25) is 0 Å². The number of nitrogens with zero attached hydrogens (tertiary/aromatic N) is 1. The van der Waals surface area contributed by atoms with Gasteiger partial charge < -0.3 is 5.11 Å². The van der Waals surface area contributed by atoms with Crippen LogP contribution in [-0.4, -0.2) is 21.5 Å². The molecule has 0 aliphatic carbocycles. The van der Waals surface area contributed by atoms with Crippen LogP contribution in [0.3, 0.4) is 0 Å². The van der Waals surface area contributed by atoms with Crippen LogP contribution in [0.2, 0.25) is 0 Å². The van der Waals surface area contributed by atoms with Crippen molar-refractivity contribution in [3.8, 4) is 0 Å². The summed E-state index contributed by atoms with van der Waals surface area (Å²) in [6.45, 7) is 3.34. The summed E-state index contributed by atoms with van der Waals surface area (Å²) in [4.78, 5) is 15.5. The molecule has 1 aromatic heterocycles. The lowest BCUT2D eigenvalue weighted by Crippen LogP contribution is -2.35. The molecule has 0 spiro atoms. The molecule has 0 radical (unpaired) electrons. The number of hydrogen-bond donors (Lipinski definition) is 1. The summed E-state index contributed by atoms with van der Waals surface area (Å²) in [5.74, 6) is -0.162. The number of Topliss-reactive ketones (excluding diaryl/α,β-unsaturated/α-hetero) is 1. The first-order valence-electron chi connectivity index (χ1n) is 4.20. The minimum Gasteiger partial charge on any atom is -0.382 e. The van der Waals surface area contributed by atoms with Gasteiger partial charge in [0, 0.05) is 11.6 Å². The van der Waals surface area contributed by atoms with E-state index in [0.29, 0.717) is 6.42 Å². The number of rotatable bonds is 4. The molecule has 1 N–H and O–H groups in total. The van der Waals surface area contributed by atoms with Gasteiger partial charge >= 0.3 is 0 Å². The van der Waals surface area contributed by atoms with Gasteiger partial charge in [0.15, 0.2) is 5.78 Å². The second-order valence-corrected chi connectivity index (χ2v) is 4.13. The smallest absolute Gasteiger partial charge is 0.170 e. The molecular weight excluding hydrogens is 186 g/mol. The zero-order valence-corrected chi connectivity index (χ0v) is 8.60. The molecule has 0 aliphatic heterocycles. The highest BCUT2D eigenvalue weighted by molar-refractivity contribution is 7.09. The molecule has 0 bridgehead atoms. The Morgan fingerprint density at radius 2 is 2.46 bits per heavy atom. The van der Waals surface area contributed by atoms with Gasteiger partial charge in [-0.1, -0.05) is 6.92 Å². The third kappa shape index (κ3) is 2.60. The van der Waals surface area contributed by atoms with Crippen LogP contribution in [0.15, 0.2) is 11.6 Å². The molecule has 0 saturated heterocycles. The number of hydrogen-bond acceptors (Lipinski definition) is 4. The summed E-state index contributed by atoms with van der Waals surface area (Å²) in [5, 5.41) is 12.2. The van der Waals surface area contributed by atoms with E-state index in [1.54, 1.807) is 20.0 Å². The van der Waals surface area contributed by atoms with Crippen molar-refractivity contribution >= 4 is 17.1 Å². The Kier molecular flexibility index (Phi) is 3.17. The number of thiazole rings is 1. The minimum atomic E-state index is -1.20. The molecule has 0 fully saturated rings. The zero-order chi connectivity index (χ0) is 9.90. The fraction of sp³-hybridized carbons (Fsp3) is 0.556. The monoisotopic (exact) mass is 199 g/mol. The van der Waals surface area contributed by atoms with Gasteiger partial charge in [-0.3, -0.25) is 4.79 Å². The maximum atomic E-state index is 11.5. The Balaban J connectivity index is 2.61. The average molecular weight is 199 g/mol. The topological polar surface area (TPSA) is 50.2 Å². The van der Waals surface area contributed by atoms with E-state index in [4.69, 9.17) is 0 Å². The van der Waals surface area contributed by atoms with Gasteiger partial charge in [0.05, 0.1) is 11.4 Å². The van der Waals surface area contributed by atoms with E-state index in [-0.39, 0.29) is 12.2 Å². The van der Waals surface area contributed by atoms with Crippen molar-refractivity contribution in [2.75, 3.05) is 0 Å². The van der Waals surface area contributed by atoms with Crippen LogP contribution in [0.25, 0.3) is 0 Å². The summed E-state index contributed by atoms with van der Waals surface area (Å²) in [6, 6.07) is 0. The molecular formula is C9H13NO2S. The zero-order valence-electron chi connectivity index (χ0n) is 7.78. The normalized spacial score (nSPS) is 15.3. The maximum Gasteiger partial charge on any atom is 0.170 e. The Labute approximate surface area is 81.4 Å². The van der Waals surface area contributed by atoms with Gasteiger partial charge in [-0.05, 0) is 13.3 Å². The second-order valence-electron chi connectivity index (χ2n) is 3.15. The molecule has 1 unspecified atom stereocenters. The van der Waals surface area contributed by atoms with Crippen molar-refractivity contribution in [3.63, 3.8) is 0 Å². The number of aromatic nitrogens is 1. The van der Waals surface area contributed by atoms with Gasteiger partial charge in [-0.25, -0.2) is 4.98 Å². The molecule has 1 heterocycles. The summed E-state index contributed by atoms with van der Waals surface area (Å²) in [6.07, 6.45) is 2.34. The molecule has 4 heteroatoms. The quantitative estimate of drug-likeness (QED) is 0.797.